The molecule has 78 valence electrons. The molecule has 5 heteroatoms. The van der Waals surface area contributed by atoms with Gasteiger partial charge >= 0.3 is 5.97 Å². The van der Waals surface area contributed by atoms with Crippen LogP contribution in [-0.4, -0.2) is 16.1 Å². The molecule has 1 N–H and O–H groups in total. The zero-order chi connectivity index (χ0) is 10.8. The number of carbonyl (C=O) groups is 1. The molecule has 0 amide bonds. The van der Waals surface area contributed by atoms with Crippen molar-refractivity contribution in [1.29, 1.82) is 0 Å². The van der Waals surface area contributed by atoms with Crippen LogP contribution in [0, 0.1) is 0 Å². The summed E-state index contributed by atoms with van der Waals surface area (Å²) in [4.78, 5) is 17.7. The highest BCUT2D eigenvalue weighted by Gasteiger charge is 2.16. The SMILES string of the molecule is CCc1ccc(-c2scnc2C(=O)O)s1. The van der Waals surface area contributed by atoms with Crippen molar-refractivity contribution in [3.05, 3.63) is 28.2 Å². The third kappa shape index (κ3) is 1.93. The number of thiophene rings is 1. The number of thiazole rings is 1. The highest BCUT2D eigenvalue weighted by Crippen LogP contribution is 2.33. The number of carboxylic acids is 1. The molecule has 0 aromatic carbocycles. The van der Waals surface area contributed by atoms with Crippen LogP contribution in [0.3, 0.4) is 0 Å². The average molecular weight is 239 g/mol. The molecule has 0 spiro atoms. The number of carboxylic acid groups (broad SMARTS) is 1. The van der Waals surface area contributed by atoms with Gasteiger partial charge in [0.15, 0.2) is 5.69 Å². The first-order valence-corrected chi connectivity index (χ1v) is 6.18. The van der Waals surface area contributed by atoms with Crippen molar-refractivity contribution < 1.29 is 9.90 Å². The Labute approximate surface area is 95.0 Å². The Morgan fingerprint density at radius 2 is 2.33 bits per heavy atom. The smallest absolute Gasteiger partial charge is 0.356 e. The summed E-state index contributed by atoms with van der Waals surface area (Å²) in [5.41, 5.74) is 1.73. The molecule has 0 saturated heterocycles. The van der Waals surface area contributed by atoms with Crippen molar-refractivity contribution in [3.8, 4) is 9.75 Å². The summed E-state index contributed by atoms with van der Waals surface area (Å²) in [6.45, 7) is 2.08. The summed E-state index contributed by atoms with van der Waals surface area (Å²) < 4.78 is 0. The van der Waals surface area contributed by atoms with E-state index in [1.165, 1.54) is 16.2 Å². The Bertz CT molecular complexity index is 487. The Morgan fingerprint density at radius 3 is 2.93 bits per heavy atom. The summed E-state index contributed by atoms with van der Waals surface area (Å²) in [6.07, 6.45) is 0.978. The van der Waals surface area contributed by atoms with E-state index in [0.29, 0.717) is 0 Å². The van der Waals surface area contributed by atoms with E-state index in [2.05, 4.69) is 11.9 Å². The minimum atomic E-state index is -0.960. The van der Waals surface area contributed by atoms with Gasteiger partial charge in [0, 0.05) is 9.75 Å². The molecule has 0 unspecified atom stereocenters. The molecule has 0 radical (unpaired) electrons. The molecule has 2 aromatic rings. The van der Waals surface area contributed by atoms with Crippen molar-refractivity contribution in [2.75, 3.05) is 0 Å². The Morgan fingerprint density at radius 1 is 1.53 bits per heavy atom. The molecule has 2 rings (SSSR count). The van der Waals surface area contributed by atoms with Crippen LogP contribution in [-0.2, 0) is 6.42 Å². The van der Waals surface area contributed by atoms with Crippen molar-refractivity contribution >= 4 is 28.6 Å². The van der Waals surface area contributed by atoms with Crippen molar-refractivity contribution in [2.45, 2.75) is 13.3 Å². The number of hydrogen-bond donors (Lipinski definition) is 1. The largest absolute Gasteiger partial charge is 0.476 e. The van der Waals surface area contributed by atoms with E-state index >= 15 is 0 Å². The van der Waals surface area contributed by atoms with E-state index in [1.807, 2.05) is 12.1 Å². The molecular formula is C10H9NO2S2. The summed E-state index contributed by atoms with van der Waals surface area (Å²) in [6, 6.07) is 3.99. The summed E-state index contributed by atoms with van der Waals surface area (Å²) in [5, 5.41) is 8.93. The Kier molecular flexibility index (Phi) is 2.83. The molecule has 0 aliphatic carbocycles. The minimum absolute atomic E-state index is 0.157. The first kappa shape index (κ1) is 10.3. The third-order valence-corrected chi connectivity index (χ3v) is 4.24. The van der Waals surface area contributed by atoms with Crippen LogP contribution in [0.2, 0.25) is 0 Å². The van der Waals surface area contributed by atoms with E-state index in [9.17, 15) is 4.79 Å². The van der Waals surface area contributed by atoms with Gasteiger partial charge in [-0.1, -0.05) is 6.92 Å². The van der Waals surface area contributed by atoms with E-state index < -0.39 is 5.97 Å². The van der Waals surface area contributed by atoms with E-state index in [1.54, 1.807) is 16.8 Å². The maximum Gasteiger partial charge on any atom is 0.356 e. The fourth-order valence-corrected chi connectivity index (χ4v) is 3.12. The zero-order valence-corrected chi connectivity index (χ0v) is 9.69. The second kappa shape index (κ2) is 4.12. The van der Waals surface area contributed by atoms with Gasteiger partial charge in [-0.15, -0.1) is 22.7 Å². The van der Waals surface area contributed by atoms with Crippen LogP contribution in [0.5, 0.6) is 0 Å². The lowest BCUT2D eigenvalue weighted by Gasteiger charge is -1.93. The molecule has 15 heavy (non-hydrogen) atoms. The predicted molar refractivity (Wildman–Crippen MR) is 61.8 cm³/mol. The van der Waals surface area contributed by atoms with Gasteiger partial charge in [-0.25, -0.2) is 9.78 Å². The molecular weight excluding hydrogens is 230 g/mol. The lowest BCUT2D eigenvalue weighted by Crippen LogP contribution is -1.97. The standard InChI is InChI=1S/C10H9NO2S2/c1-2-6-3-4-7(15-6)9-8(10(12)13)11-5-14-9/h3-5H,2H2,1H3,(H,12,13). The normalized spacial score (nSPS) is 10.5. The molecule has 3 nitrogen and oxygen atoms in total. The molecule has 0 bridgehead atoms. The number of aromatic nitrogens is 1. The summed E-state index contributed by atoms with van der Waals surface area (Å²) >= 11 is 3.00. The summed E-state index contributed by atoms with van der Waals surface area (Å²) in [5.74, 6) is -0.960. The fourth-order valence-electron chi connectivity index (χ4n) is 1.26. The second-order valence-corrected chi connectivity index (χ2v) is 4.98. The number of nitrogens with zero attached hydrogens (tertiary/aromatic N) is 1. The van der Waals surface area contributed by atoms with Gasteiger partial charge in [-0.3, -0.25) is 0 Å². The van der Waals surface area contributed by atoms with Gasteiger partial charge < -0.3 is 5.11 Å². The predicted octanol–water partition coefficient (Wildman–Crippen LogP) is 3.13. The molecule has 0 fully saturated rings. The minimum Gasteiger partial charge on any atom is -0.476 e. The van der Waals surface area contributed by atoms with Crippen molar-refractivity contribution in [2.24, 2.45) is 0 Å². The Balaban J connectivity index is 2.44. The highest BCUT2D eigenvalue weighted by atomic mass is 32.1. The van der Waals surface area contributed by atoms with Crippen molar-refractivity contribution in [3.63, 3.8) is 0 Å². The quantitative estimate of drug-likeness (QED) is 0.895. The molecule has 2 heterocycles. The van der Waals surface area contributed by atoms with Crippen LogP contribution >= 0.6 is 22.7 Å². The number of aryl methyl sites for hydroxylation is 1. The van der Waals surface area contributed by atoms with Crippen LogP contribution in [0.1, 0.15) is 22.3 Å². The van der Waals surface area contributed by atoms with Gasteiger partial charge in [-0.05, 0) is 18.6 Å². The summed E-state index contributed by atoms with van der Waals surface area (Å²) in [7, 11) is 0. The Hall–Kier alpha value is -1.20. The number of aromatic carboxylic acids is 1. The van der Waals surface area contributed by atoms with Gasteiger partial charge in [0.25, 0.3) is 0 Å². The molecule has 0 aliphatic heterocycles. The topological polar surface area (TPSA) is 50.2 Å². The maximum atomic E-state index is 10.9. The van der Waals surface area contributed by atoms with Gasteiger partial charge in [-0.2, -0.15) is 0 Å². The first-order chi connectivity index (χ1) is 7.22. The van der Waals surface area contributed by atoms with E-state index in [4.69, 9.17) is 5.11 Å². The van der Waals surface area contributed by atoms with Crippen LogP contribution in [0.25, 0.3) is 9.75 Å². The zero-order valence-electron chi connectivity index (χ0n) is 8.06. The van der Waals surface area contributed by atoms with E-state index in [-0.39, 0.29) is 5.69 Å². The molecule has 0 atom stereocenters. The van der Waals surface area contributed by atoms with Crippen LogP contribution < -0.4 is 0 Å². The molecule has 0 aliphatic rings. The molecule has 2 aromatic heterocycles. The van der Waals surface area contributed by atoms with E-state index in [0.717, 1.165) is 16.2 Å². The lowest BCUT2D eigenvalue weighted by atomic mass is 10.3. The fraction of sp³-hybridized carbons (Fsp3) is 0.200. The first-order valence-electron chi connectivity index (χ1n) is 4.48. The van der Waals surface area contributed by atoms with Gasteiger partial charge in [0.1, 0.15) is 0 Å². The van der Waals surface area contributed by atoms with Crippen molar-refractivity contribution in [1.82, 2.24) is 4.98 Å². The maximum absolute atomic E-state index is 10.9. The number of hydrogen-bond acceptors (Lipinski definition) is 4. The monoisotopic (exact) mass is 239 g/mol. The van der Waals surface area contributed by atoms with Gasteiger partial charge in [0.05, 0.1) is 10.4 Å². The second-order valence-electron chi connectivity index (χ2n) is 2.95. The lowest BCUT2D eigenvalue weighted by molar-refractivity contribution is 0.0692. The van der Waals surface area contributed by atoms with Gasteiger partial charge in [0.2, 0.25) is 0 Å². The highest BCUT2D eigenvalue weighted by molar-refractivity contribution is 7.21. The molecule has 0 saturated carbocycles. The van der Waals surface area contributed by atoms with Crippen LogP contribution in [0.4, 0.5) is 0 Å². The third-order valence-electron chi connectivity index (χ3n) is 2.00. The average Bonchev–Trinajstić information content (AvgIpc) is 2.85. The number of rotatable bonds is 3. The van der Waals surface area contributed by atoms with Crippen LogP contribution in [0.15, 0.2) is 17.6 Å².